The van der Waals surface area contributed by atoms with Gasteiger partial charge in [0.2, 0.25) is 5.89 Å². The number of aryl methyl sites for hydroxylation is 1. The Hall–Kier alpha value is -2.50. The number of ether oxygens (including phenoxy) is 1. The van der Waals surface area contributed by atoms with Crippen molar-refractivity contribution in [3.05, 3.63) is 41.6 Å². The lowest BCUT2D eigenvalue weighted by atomic mass is 9.94. The van der Waals surface area contributed by atoms with Crippen LogP contribution in [-0.4, -0.2) is 16.6 Å². The van der Waals surface area contributed by atoms with Crippen molar-refractivity contribution >= 4 is 11.7 Å². The third-order valence-corrected chi connectivity index (χ3v) is 4.41. The lowest BCUT2D eigenvalue weighted by Gasteiger charge is -2.33. The van der Waals surface area contributed by atoms with Crippen molar-refractivity contribution in [1.82, 2.24) is 10.3 Å². The number of nitrogens with zero attached hydrogens (tertiary/aromatic N) is 1. The van der Waals surface area contributed by atoms with Crippen LogP contribution in [-0.2, 0) is 18.4 Å². The number of anilines is 1. The summed E-state index contributed by atoms with van der Waals surface area (Å²) in [6.45, 7) is 10.5. The number of hydrogen-bond acceptors (Lipinski definition) is 4. The highest BCUT2D eigenvalue weighted by Crippen LogP contribution is 2.38. The number of fused-ring (bicyclic) bond motifs is 1. The van der Waals surface area contributed by atoms with Crippen LogP contribution in [0.3, 0.4) is 0 Å². The molecule has 0 bridgehead atoms. The van der Waals surface area contributed by atoms with Crippen molar-refractivity contribution in [2.24, 2.45) is 0 Å². The summed E-state index contributed by atoms with van der Waals surface area (Å²) in [6, 6.07) is 5.50. The van der Waals surface area contributed by atoms with Crippen LogP contribution in [0.2, 0.25) is 0 Å². The molecule has 1 aliphatic rings. The number of oxazole rings is 1. The summed E-state index contributed by atoms with van der Waals surface area (Å²) in [5.74, 6) is 2.03. The summed E-state index contributed by atoms with van der Waals surface area (Å²) in [7, 11) is 0. The second-order valence-electron chi connectivity index (χ2n) is 8.33. The molecule has 2 amide bonds. The fourth-order valence-electron chi connectivity index (χ4n) is 2.82. The number of para-hydroxylation sites is 1. The third-order valence-electron chi connectivity index (χ3n) is 4.41. The van der Waals surface area contributed by atoms with Crippen LogP contribution in [0, 0.1) is 0 Å². The van der Waals surface area contributed by atoms with Crippen molar-refractivity contribution in [2.75, 3.05) is 5.32 Å². The zero-order valence-electron chi connectivity index (χ0n) is 16.1. The van der Waals surface area contributed by atoms with E-state index < -0.39 is 0 Å². The molecule has 0 saturated carbocycles. The topological polar surface area (TPSA) is 76.4 Å². The number of carbonyl (C=O) groups excluding carboxylic acids is 1. The molecule has 140 valence electrons. The molecular weight excluding hydrogens is 330 g/mol. The number of benzene rings is 1. The van der Waals surface area contributed by atoms with Gasteiger partial charge in [0.15, 0.2) is 0 Å². The van der Waals surface area contributed by atoms with Gasteiger partial charge in [0.05, 0.1) is 18.4 Å². The fraction of sp³-hybridized carbons (Fsp3) is 0.500. The van der Waals surface area contributed by atoms with Gasteiger partial charge < -0.3 is 19.8 Å². The van der Waals surface area contributed by atoms with Gasteiger partial charge in [0.25, 0.3) is 0 Å². The van der Waals surface area contributed by atoms with Crippen LogP contribution in [0.5, 0.6) is 5.75 Å². The van der Waals surface area contributed by atoms with Gasteiger partial charge in [-0.1, -0.05) is 32.9 Å². The smallest absolute Gasteiger partial charge is 0.319 e. The molecule has 6 heteroatoms. The molecule has 0 unspecified atom stereocenters. The first-order valence-electron chi connectivity index (χ1n) is 8.95. The molecule has 1 aromatic heterocycles. The van der Waals surface area contributed by atoms with Crippen LogP contribution in [0.1, 0.15) is 58.3 Å². The van der Waals surface area contributed by atoms with Gasteiger partial charge in [0.1, 0.15) is 17.1 Å². The minimum absolute atomic E-state index is 0.110. The van der Waals surface area contributed by atoms with Gasteiger partial charge >= 0.3 is 6.03 Å². The standard InChI is InChI=1S/C20H27N3O3/c1-19(2,3)15-11-21-16(25-15)12-22-18(24)23-14-8-6-7-13-9-10-20(4,5)26-17(13)14/h6-8,11H,9-10,12H2,1-5H3,(H2,22,23,24). The summed E-state index contributed by atoms with van der Waals surface area (Å²) >= 11 is 0. The van der Waals surface area contributed by atoms with Gasteiger partial charge in [-0.3, -0.25) is 0 Å². The van der Waals surface area contributed by atoms with Crippen LogP contribution in [0.25, 0.3) is 0 Å². The Morgan fingerprint density at radius 3 is 2.77 bits per heavy atom. The minimum Gasteiger partial charge on any atom is -0.485 e. The largest absolute Gasteiger partial charge is 0.485 e. The number of rotatable bonds is 3. The molecule has 2 N–H and O–H groups in total. The van der Waals surface area contributed by atoms with Crippen LogP contribution >= 0.6 is 0 Å². The molecule has 0 fully saturated rings. The highest BCUT2D eigenvalue weighted by molar-refractivity contribution is 5.91. The maximum atomic E-state index is 12.3. The van der Waals surface area contributed by atoms with Crippen molar-refractivity contribution in [3.8, 4) is 5.75 Å². The normalized spacial score (nSPS) is 15.7. The van der Waals surface area contributed by atoms with E-state index in [-0.39, 0.29) is 23.6 Å². The Labute approximate surface area is 154 Å². The molecule has 1 aliphatic heterocycles. The number of urea groups is 1. The van der Waals surface area contributed by atoms with E-state index in [9.17, 15) is 4.79 Å². The van der Waals surface area contributed by atoms with E-state index >= 15 is 0 Å². The number of aromatic nitrogens is 1. The molecular formula is C20H27N3O3. The first-order valence-corrected chi connectivity index (χ1v) is 8.95. The zero-order valence-corrected chi connectivity index (χ0v) is 16.1. The molecule has 0 radical (unpaired) electrons. The number of nitrogens with one attached hydrogen (secondary N) is 2. The van der Waals surface area contributed by atoms with Crippen LogP contribution in [0.15, 0.2) is 28.8 Å². The second kappa shape index (κ2) is 6.67. The first-order chi connectivity index (χ1) is 12.1. The number of amides is 2. The lowest BCUT2D eigenvalue weighted by molar-refractivity contribution is 0.0856. The molecule has 0 spiro atoms. The van der Waals surface area contributed by atoms with E-state index in [1.54, 1.807) is 6.20 Å². The average molecular weight is 357 g/mol. The molecule has 6 nitrogen and oxygen atoms in total. The van der Waals surface area contributed by atoms with E-state index in [2.05, 4.69) is 50.2 Å². The first kappa shape index (κ1) is 18.3. The second-order valence-corrected chi connectivity index (χ2v) is 8.33. The van der Waals surface area contributed by atoms with Crippen molar-refractivity contribution < 1.29 is 13.9 Å². The number of carbonyl (C=O) groups is 1. The summed E-state index contributed by atoms with van der Waals surface area (Å²) in [5, 5.41) is 5.65. The van der Waals surface area contributed by atoms with E-state index in [1.165, 1.54) is 0 Å². The Kier molecular flexibility index (Phi) is 4.69. The van der Waals surface area contributed by atoms with E-state index in [0.29, 0.717) is 11.6 Å². The van der Waals surface area contributed by atoms with Crippen molar-refractivity contribution in [2.45, 2.75) is 65.0 Å². The van der Waals surface area contributed by atoms with Gasteiger partial charge in [0, 0.05) is 5.41 Å². The zero-order chi connectivity index (χ0) is 18.9. The molecule has 3 rings (SSSR count). The van der Waals surface area contributed by atoms with Crippen molar-refractivity contribution in [3.63, 3.8) is 0 Å². The molecule has 26 heavy (non-hydrogen) atoms. The molecule has 0 aliphatic carbocycles. The van der Waals surface area contributed by atoms with E-state index in [0.717, 1.165) is 29.9 Å². The highest BCUT2D eigenvalue weighted by Gasteiger charge is 2.28. The molecule has 1 aromatic carbocycles. The highest BCUT2D eigenvalue weighted by atomic mass is 16.5. The SMILES string of the molecule is CC1(C)CCc2cccc(NC(=O)NCc3ncc(C(C)(C)C)o3)c2O1. The third kappa shape index (κ3) is 4.18. The Balaban J connectivity index is 1.63. The fourth-order valence-corrected chi connectivity index (χ4v) is 2.82. The predicted octanol–water partition coefficient (Wildman–Crippen LogP) is 4.40. The predicted molar refractivity (Wildman–Crippen MR) is 101 cm³/mol. The maximum absolute atomic E-state index is 12.3. The maximum Gasteiger partial charge on any atom is 0.319 e. The molecule has 2 heterocycles. The average Bonchev–Trinajstić information content (AvgIpc) is 3.02. The Morgan fingerprint density at radius 1 is 1.31 bits per heavy atom. The van der Waals surface area contributed by atoms with Crippen molar-refractivity contribution in [1.29, 1.82) is 0 Å². The molecule has 2 aromatic rings. The monoisotopic (exact) mass is 357 g/mol. The summed E-state index contributed by atoms with van der Waals surface area (Å²) in [4.78, 5) is 16.5. The minimum atomic E-state index is -0.319. The lowest BCUT2D eigenvalue weighted by Crippen LogP contribution is -2.34. The van der Waals surface area contributed by atoms with Gasteiger partial charge in [-0.15, -0.1) is 0 Å². The van der Waals surface area contributed by atoms with Crippen LogP contribution in [0.4, 0.5) is 10.5 Å². The molecule has 0 saturated heterocycles. The quantitative estimate of drug-likeness (QED) is 0.854. The summed E-state index contributed by atoms with van der Waals surface area (Å²) in [5.41, 5.74) is 1.45. The molecule has 0 atom stereocenters. The van der Waals surface area contributed by atoms with Gasteiger partial charge in [-0.25, -0.2) is 9.78 Å². The van der Waals surface area contributed by atoms with E-state index in [4.69, 9.17) is 9.15 Å². The van der Waals surface area contributed by atoms with Crippen LogP contribution < -0.4 is 15.4 Å². The number of hydrogen-bond donors (Lipinski definition) is 2. The van der Waals surface area contributed by atoms with Gasteiger partial charge in [-0.05, 0) is 38.3 Å². The van der Waals surface area contributed by atoms with E-state index in [1.807, 2.05) is 18.2 Å². The Morgan fingerprint density at radius 2 is 2.08 bits per heavy atom. The summed E-state index contributed by atoms with van der Waals surface area (Å²) < 4.78 is 11.8. The summed E-state index contributed by atoms with van der Waals surface area (Å²) in [6.07, 6.45) is 3.60. The van der Waals surface area contributed by atoms with Gasteiger partial charge in [-0.2, -0.15) is 0 Å². The Bertz CT molecular complexity index is 803.